The molecule has 7 heteroatoms. The Labute approximate surface area is 163 Å². The van der Waals surface area contributed by atoms with Gasteiger partial charge < -0.3 is 19.8 Å². The maximum atomic E-state index is 10.8. The number of aliphatic hydroxyl groups is 2. The Morgan fingerprint density at radius 3 is 2.71 bits per heavy atom. The smallest absolute Gasteiger partial charge is 0.157 e. The van der Waals surface area contributed by atoms with E-state index in [1.807, 2.05) is 28.8 Å². The van der Waals surface area contributed by atoms with E-state index in [-0.39, 0.29) is 6.61 Å². The average Bonchev–Trinajstić information content (AvgIpc) is 3.46. The van der Waals surface area contributed by atoms with Gasteiger partial charge in [-0.1, -0.05) is 12.1 Å². The van der Waals surface area contributed by atoms with Crippen LogP contribution in [0.15, 0.2) is 30.6 Å². The van der Waals surface area contributed by atoms with E-state index in [0.29, 0.717) is 11.7 Å². The predicted octanol–water partition coefficient (Wildman–Crippen LogP) is 2.55. The normalized spacial score (nSPS) is 17.6. The second-order valence-electron chi connectivity index (χ2n) is 7.63. The van der Waals surface area contributed by atoms with Crippen LogP contribution in [0.1, 0.15) is 36.6 Å². The first-order valence-electron chi connectivity index (χ1n) is 9.79. The molecule has 2 aliphatic rings. The van der Waals surface area contributed by atoms with Gasteiger partial charge in [0.2, 0.25) is 0 Å². The zero-order valence-electron chi connectivity index (χ0n) is 15.9. The number of fused-ring (bicyclic) bond motifs is 1. The van der Waals surface area contributed by atoms with Crippen LogP contribution in [0.4, 0.5) is 5.82 Å². The highest BCUT2D eigenvalue weighted by molar-refractivity contribution is 5.90. The Balaban J connectivity index is 1.73. The summed E-state index contributed by atoms with van der Waals surface area (Å²) >= 11 is 0. The van der Waals surface area contributed by atoms with Gasteiger partial charge in [-0.15, -0.1) is 0 Å². The Kier molecular flexibility index (Phi) is 4.21. The standard InChI is InChI=1S/C21H24N4O3/c1-28-18-9-14(5-6-15(18)11-26)16-10-17(20(27)13-3-4-13)25-19(16)21(22-12-23-25)24-7-2-8-24/h5-6,9-10,12-13,20,26-27H,2-4,7-8,11H2,1H3. The van der Waals surface area contributed by atoms with E-state index in [4.69, 9.17) is 4.74 Å². The van der Waals surface area contributed by atoms with E-state index in [9.17, 15) is 10.2 Å². The number of anilines is 1. The molecule has 0 bridgehead atoms. The maximum absolute atomic E-state index is 10.8. The van der Waals surface area contributed by atoms with Crippen molar-refractivity contribution in [1.82, 2.24) is 14.6 Å². The van der Waals surface area contributed by atoms with Crippen molar-refractivity contribution in [3.8, 4) is 16.9 Å². The molecule has 3 heterocycles. The number of ether oxygens (including phenoxy) is 1. The third kappa shape index (κ3) is 2.73. The number of aliphatic hydroxyl groups excluding tert-OH is 2. The number of hydrogen-bond donors (Lipinski definition) is 2. The quantitative estimate of drug-likeness (QED) is 0.684. The Bertz CT molecular complexity index is 1020. The zero-order chi connectivity index (χ0) is 19.3. The van der Waals surface area contributed by atoms with E-state index >= 15 is 0 Å². The molecular weight excluding hydrogens is 356 g/mol. The predicted molar refractivity (Wildman–Crippen MR) is 105 cm³/mol. The lowest BCUT2D eigenvalue weighted by molar-refractivity contribution is 0.147. The van der Waals surface area contributed by atoms with Crippen LogP contribution in [0.5, 0.6) is 5.75 Å². The van der Waals surface area contributed by atoms with Gasteiger partial charge in [-0.05, 0) is 42.9 Å². The van der Waals surface area contributed by atoms with E-state index in [1.54, 1.807) is 13.4 Å². The first-order chi connectivity index (χ1) is 13.7. The summed E-state index contributed by atoms with van der Waals surface area (Å²) in [4.78, 5) is 6.81. The fourth-order valence-corrected chi connectivity index (χ4v) is 3.94. The number of methoxy groups -OCH3 is 1. The molecular formula is C21H24N4O3. The van der Waals surface area contributed by atoms with Crippen LogP contribution in [0.3, 0.4) is 0 Å². The molecule has 2 N–H and O–H groups in total. The summed E-state index contributed by atoms with van der Waals surface area (Å²) in [5.74, 6) is 1.85. The lowest BCUT2D eigenvalue weighted by Gasteiger charge is -2.32. The molecule has 0 radical (unpaired) electrons. The number of rotatable bonds is 6. The van der Waals surface area contributed by atoms with Crippen molar-refractivity contribution in [1.29, 1.82) is 0 Å². The minimum Gasteiger partial charge on any atom is -0.496 e. The van der Waals surface area contributed by atoms with Crippen LogP contribution in [0, 0.1) is 5.92 Å². The minimum absolute atomic E-state index is 0.0756. The first kappa shape index (κ1) is 17.5. The average molecular weight is 380 g/mol. The molecule has 1 saturated carbocycles. The monoisotopic (exact) mass is 380 g/mol. The molecule has 5 rings (SSSR count). The highest BCUT2D eigenvalue weighted by Gasteiger charge is 2.34. The molecule has 0 amide bonds. The van der Waals surface area contributed by atoms with Crippen molar-refractivity contribution in [2.24, 2.45) is 5.92 Å². The van der Waals surface area contributed by atoms with E-state index in [1.165, 1.54) is 0 Å². The summed E-state index contributed by atoms with van der Waals surface area (Å²) in [5.41, 5.74) is 4.39. The van der Waals surface area contributed by atoms with E-state index < -0.39 is 6.10 Å². The summed E-state index contributed by atoms with van der Waals surface area (Å²) in [6.07, 6.45) is 4.30. The molecule has 1 atom stereocenters. The van der Waals surface area contributed by atoms with Crippen LogP contribution >= 0.6 is 0 Å². The van der Waals surface area contributed by atoms with Crippen molar-refractivity contribution in [2.75, 3.05) is 25.1 Å². The molecule has 1 saturated heterocycles. The molecule has 28 heavy (non-hydrogen) atoms. The Morgan fingerprint density at radius 1 is 1.25 bits per heavy atom. The lowest BCUT2D eigenvalue weighted by Crippen LogP contribution is -2.38. The van der Waals surface area contributed by atoms with Crippen LogP contribution in [0.25, 0.3) is 16.6 Å². The topological polar surface area (TPSA) is 83.1 Å². The molecule has 0 spiro atoms. The summed E-state index contributed by atoms with van der Waals surface area (Å²) < 4.78 is 7.32. The SMILES string of the molecule is COc1cc(-c2cc(C(O)C3CC3)n3ncnc(N4CCC4)c23)ccc1CO. The third-order valence-corrected chi connectivity index (χ3v) is 5.86. The zero-order valence-corrected chi connectivity index (χ0v) is 15.9. The lowest BCUT2D eigenvalue weighted by atomic mass is 10.0. The van der Waals surface area contributed by atoms with Crippen LogP contribution in [0.2, 0.25) is 0 Å². The van der Waals surface area contributed by atoms with Gasteiger partial charge in [0.1, 0.15) is 17.6 Å². The van der Waals surface area contributed by atoms with Gasteiger partial charge in [0.15, 0.2) is 5.82 Å². The van der Waals surface area contributed by atoms with Crippen LogP contribution < -0.4 is 9.64 Å². The van der Waals surface area contributed by atoms with Crippen molar-refractivity contribution in [3.05, 3.63) is 41.9 Å². The first-order valence-corrected chi connectivity index (χ1v) is 9.79. The molecule has 2 aromatic heterocycles. The highest BCUT2D eigenvalue weighted by Crippen LogP contribution is 2.44. The summed E-state index contributed by atoms with van der Waals surface area (Å²) in [6, 6.07) is 7.82. The fraction of sp³-hybridized carbons (Fsp3) is 0.429. The molecule has 7 nitrogen and oxygen atoms in total. The van der Waals surface area contributed by atoms with Crippen LogP contribution in [-0.4, -0.2) is 45.0 Å². The molecule has 1 aromatic carbocycles. The number of nitrogens with zero attached hydrogens (tertiary/aromatic N) is 4. The van der Waals surface area contributed by atoms with Gasteiger partial charge >= 0.3 is 0 Å². The van der Waals surface area contributed by atoms with Crippen molar-refractivity contribution in [2.45, 2.75) is 32.0 Å². The van der Waals surface area contributed by atoms with Gasteiger partial charge in [0, 0.05) is 24.2 Å². The van der Waals surface area contributed by atoms with Gasteiger partial charge in [0.05, 0.1) is 25.5 Å². The van der Waals surface area contributed by atoms with Crippen molar-refractivity contribution >= 4 is 11.3 Å². The molecule has 2 fully saturated rings. The molecule has 1 aliphatic carbocycles. The minimum atomic E-state index is -0.529. The number of benzene rings is 1. The van der Waals surface area contributed by atoms with E-state index in [0.717, 1.165) is 66.1 Å². The van der Waals surface area contributed by atoms with Gasteiger partial charge in [0.25, 0.3) is 0 Å². The number of hydrogen-bond acceptors (Lipinski definition) is 6. The van der Waals surface area contributed by atoms with E-state index in [2.05, 4.69) is 15.0 Å². The van der Waals surface area contributed by atoms with Crippen molar-refractivity contribution < 1.29 is 14.9 Å². The van der Waals surface area contributed by atoms with Gasteiger partial charge in [-0.3, -0.25) is 0 Å². The highest BCUT2D eigenvalue weighted by atomic mass is 16.5. The summed E-state index contributed by atoms with van der Waals surface area (Å²) in [6.45, 7) is 1.88. The maximum Gasteiger partial charge on any atom is 0.157 e. The molecule has 1 aliphatic heterocycles. The molecule has 1 unspecified atom stereocenters. The fourth-order valence-electron chi connectivity index (χ4n) is 3.94. The summed E-state index contributed by atoms with van der Waals surface area (Å²) in [5, 5.41) is 24.9. The van der Waals surface area contributed by atoms with Crippen molar-refractivity contribution in [3.63, 3.8) is 0 Å². The summed E-state index contributed by atoms with van der Waals surface area (Å²) in [7, 11) is 1.60. The second kappa shape index (κ2) is 6.76. The van der Waals surface area contributed by atoms with Gasteiger partial charge in [-0.25, -0.2) is 9.50 Å². The Morgan fingerprint density at radius 2 is 2.07 bits per heavy atom. The second-order valence-corrected chi connectivity index (χ2v) is 7.63. The molecule has 3 aromatic rings. The third-order valence-electron chi connectivity index (χ3n) is 5.86. The van der Waals surface area contributed by atoms with Gasteiger partial charge in [-0.2, -0.15) is 5.10 Å². The number of aromatic nitrogens is 3. The Hall–Kier alpha value is -2.64. The largest absolute Gasteiger partial charge is 0.496 e. The van der Waals surface area contributed by atoms with Crippen LogP contribution in [-0.2, 0) is 6.61 Å². The molecule has 146 valence electrons.